The Hall–Kier alpha value is -2.71. The second-order valence-electron chi connectivity index (χ2n) is 7.92. The van der Waals surface area contributed by atoms with Gasteiger partial charge in [-0.15, -0.1) is 11.3 Å². The van der Waals surface area contributed by atoms with Crippen LogP contribution in [0.15, 0.2) is 58.6 Å². The van der Waals surface area contributed by atoms with Crippen molar-refractivity contribution in [3.63, 3.8) is 0 Å². The predicted octanol–water partition coefficient (Wildman–Crippen LogP) is 4.82. The number of nitrogens with zero attached hydrogens (tertiary/aromatic N) is 3. The van der Waals surface area contributed by atoms with Crippen molar-refractivity contribution in [2.75, 3.05) is 5.75 Å². The van der Waals surface area contributed by atoms with E-state index in [2.05, 4.69) is 29.4 Å². The lowest BCUT2D eigenvalue weighted by Crippen LogP contribution is -2.33. The number of fused-ring (bicyclic) bond motifs is 3. The lowest BCUT2D eigenvalue weighted by Gasteiger charge is -2.17. The van der Waals surface area contributed by atoms with E-state index in [0.29, 0.717) is 21.9 Å². The zero-order valence-corrected chi connectivity index (χ0v) is 20.0. The van der Waals surface area contributed by atoms with Gasteiger partial charge in [0, 0.05) is 24.2 Å². The molecule has 2 unspecified atom stereocenters. The predicted molar refractivity (Wildman–Crippen MR) is 133 cm³/mol. The molecule has 1 amide bonds. The highest BCUT2D eigenvalue weighted by Crippen LogP contribution is 2.31. The average molecular weight is 467 g/mol. The molecule has 0 radical (unpaired) electrons. The smallest absolute Gasteiger partial charge is 0.272 e. The van der Waals surface area contributed by atoms with Crippen molar-refractivity contribution in [1.29, 1.82) is 0 Å². The monoisotopic (exact) mass is 466 g/mol. The molecular formula is C24H26N4O2S2. The summed E-state index contributed by atoms with van der Waals surface area (Å²) >= 11 is 2.68. The Morgan fingerprint density at radius 1 is 1.19 bits per heavy atom. The summed E-state index contributed by atoms with van der Waals surface area (Å²) in [4.78, 5) is 36.0. The number of hydrogen-bond acceptors (Lipinski definition) is 6. The maximum Gasteiger partial charge on any atom is 0.272 e. The SMILES string of the molecule is CCC(C)NC(=O)CSc1nc2c(sc3ncccc32)c(=O)n1CC(C)c1ccccc1. The van der Waals surface area contributed by atoms with Gasteiger partial charge in [0.1, 0.15) is 9.53 Å². The Morgan fingerprint density at radius 3 is 2.72 bits per heavy atom. The molecule has 2 atom stereocenters. The first kappa shape index (κ1) is 22.5. The topological polar surface area (TPSA) is 76.9 Å². The molecule has 0 aliphatic heterocycles. The van der Waals surface area contributed by atoms with Gasteiger partial charge in [-0.25, -0.2) is 9.97 Å². The van der Waals surface area contributed by atoms with Crippen LogP contribution in [0.1, 0.15) is 38.7 Å². The summed E-state index contributed by atoms with van der Waals surface area (Å²) in [7, 11) is 0. The number of thiophene rings is 1. The van der Waals surface area contributed by atoms with E-state index in [9.17, 15) is 9.59 Å². The molecule has 32 heavy (non-hydrogen) atoms. The third kappa shape index (κ3) is 4.71. The van der Waals surface area contributed by atoms with Gasteiger partial charge in [-0.05, 0) is 37.0 Å². The minimum atomic E-state index is -0.0781. The molecule has 6 nitrogen and oxygen atoms in total. The van der Waals surface area contributed by atoms with Crippen LogP contribution in [0.5, 0.6) is 0 Å². The standard InChI is InChI=1S/C24H26N4O2S2/c1-4-16(3)26-19(29)14-31-24-27-20-18-11-8-12-25-22(18)32-21(20)23(30)28(24)13-15(2)17-9-6-5-7-10-17/h5-12,15-16H,4,13-14H2,1-3H3,(H,26,29). The summed E-state index contributed by atoms with van der Waals surface area (Å²) in [5.74, 6) is 0.273. The minimum Gasteiger partial charge on any atom is -0.353 e. The van der Waals surface area contributed by atoms with Crippen LogP contribution in [0.3, 0.4) is 0 Å². The van der Waals surface area contributed by atoms with Gasteiger partial charge >= 0.3 is 0 Å². The highest BCUT2D eigenvalue weighted by Gasteiger charge is 2.20. The zero-order chi connectivity index (χ0) is 22.7. The van der Waals surface area contributed by atoms with Crippen LogP contribution in [0.4, 0.5) is 0 Å². The molecular weight excluding hydrogens is 440 g/mol. The van der Waals surface area contributed by atoms with Crippen molar-refractivity contribution in [3.8, 4) is 0 Å². The van der Waals surface area contributed by atoms with Gasteiger partial charge in [0.05, 0.1) is 11.3 Å². The second-order valence-corrected chi connectivity index (χ2v) is 9.86. The van der Waals surface area contributed by atoms with E-state index >= 15 is 0 Å². The van der Waals surface area contributed by atoms with Crippen molar-refractivity contribution in [1.82, 2.24) is 19.9 Å². The van der Waals surface area contributed by atoms with Crippen LogP contribution in [-0.4, -0.2) is 32.2 Å². The van der Waals surface area contributed by atoms with Gasteiger partial charge in [0.25, 0.3) is 5.56 Å². The van der Waals surface area contributed by atoms with Crippen molar-refractivity contribution in [2.45, 2.75) is 50.9 Å². The molecule has 0 aliphatic rings. The zero-order valence-electron chi connectivity index (χ0n) is 18.4. The summed E-state index contributed by atoms with van der Waals surface area (Å²) in [5.41, 5.74) is 1.74. The van der Waals surface area contributed by atoms with E-state index in [1.54, 1.807) is 10.8 Å². The van der Waals surface area contributed by atoms with Crippen LogP contribution in [0.25, 0.3) is 20.4 Å². The number of nitrogens with one attached hydrogen (secondary N) is 1. The summed E-state index contributed by atoms with van der Waals surface area (Å²) < 4.78 is 2.32. The first-order chi connectivity index (χ1) is 15.5. The van der Waals surface area contributed by atoms with Gasteiger partial charge in [-0.3, -0.25) is 14.2 Å². The van der Waals surface area contributed by atoms with Crippen molar-refractivity contribution in [3.05, 3.63) is 64.6 Å². The van der Waals surface area contributed by atoms with Gasteiger partial charge in [0.2, 0.25) is 5.91 Å². The molecule has 0 saturated carbocycles. The largest absolute Gasteiger partial charge is 0.353 e. The Morgan fingerprint density at radius 2 is 1.97 bits per heavy atom. The van der Waals surface area contributed by atoms with E-state index < -0.39 is 0 Å². The Bertz CT molecular complexity index is 1300. The van der Waals surface area contributed by atoms with Crippen molar-refractivity contribution < 1.29 is 4.79 Å². The average Bonchev–Trinajstić information content (AvgIpc) is 3.19. The van der Waals surface area contributed by atoms with Gasteiger partial charge < -0.3 is 5.32 Å². The van der Waals surface area contributed by atoms with Crippen LogP contribution in [-0.2, 0) is 11.3 Å². The number of pyridine rings is 1. The molecule has 166 valence electrons. The minimum absolute atomic E-state index is 0.0572. The van der Waals surface area contributed by atoms with E-state index in [1.165, 1.54) is 23.1 Å². The molecule has 8 heteroatoms. The first-order valence-corrected chi connectivity index (χ1v) is 12.5. The maximum atomic E-state index is 13.5. The van der Waals surface area contributed by atoms with Gasteiger partial charge in [-0.2, -0.15) is 0 Å². The summed E-state index contributed by atoms with van der Waals surface area (Å²) in [6.45, 7) is 6.60. The molecule has 0 spiro atoms. The molecule has 0 saturated heterocycles. The van der Waals surface area contributed by atoms with Crippen LogP contribution >= 0.6 is 23.1 Å². The van der Waals surface area contributed by atoms with Crippen molar-refractivity contribution in [2.24, 2.45) is 0 Å². The molecule has 1 N–H and O–H groups in total. The van der Waals surface area contributed by atoms with E-state index in [4.69, 9.17) is 4.98 Å². The number of amides is 1. The number of aromatic nitrogens is 3. The highest BCUT2D eigenvalue weighted by atomic mass is 32.2. The number of benzene rings is 1. The van der Waals surface area contributed by atoms with Crippen LogP contribution < -0.4 is 10.9 Å². The lowest BCUT2D eigenvalue weighted by atomic mass is 10.0. The highest BCUT2D eigenvalue weighted by molar-refractivity contribution is 7.99. The maximum absolute atomic E-state index is 13.5. The van der Waals surface area contributed by atoms with Crippen LogP contribution in [0, 0.1) is 0 Å². The van der Waals surface area contributed by atoms with Crippen molar-refractivity contribution >= 4 is 49.4 Å². The van der Waals surface area contributed by atoms with E-state index in [-0.39, 0.29) is 29.2 Å². The molecule has 3 aromatic heterocycles. The molecule has 4 aromatic rings. The molecule has 4 rings (SSSR count). The number of thioether (sulfide) groups is 1. The molecule has 0 bridgehead atoms. The first-order valence-electron chi connectivity index (χ1n) is 10.7. The van der Waals surface area contributed by atoms with Gasteiger partial charge in [0.15, 0.2) is 5.16 Å². The fourth-order valence-corrected chi connectivity index (χ4v) is 5.37. The number of hydrogen-bond donors (Lipinski definition) is 1. The molecule has 3 heterocycles. The number of carbonyl (C=O) groups is 1. The third-order valence-corrected chi connectivity index (χ3v) is 7.56. The molecule has 0 fully saturated rings. The number of rotatable bonds is 8. The second kappa shape index (κ2) is 9.83. The molecule has 0 aliphatic carbocycles. The molecule has 1 aromatic carbocycles. The summed E-state index contributed by atoms with van der Waals surface area (Å²) in [6, 6.07) is 14.0. The van der Waals surface area contributed by atoms with Crippen LogP contribution in [0.2, 0.25) is 0 Å². The third-order valence-electron chi connectivity index (χ3n) is 5.50. The summed E-state index contributed by atoms with van der Waals surface area (Å²) in [5, 5.41) is 4.42. The normalized spacial score (nSPS) is 13.3. The van der Waals surface area contributed by atoms with E-state index in [1.807, 2.05) is 44.2 Å². The van der Waals surface area contributed by atoms with E-state index in [0.717, 1.165) is 22.2 Å². The fourth-order valence-electron chi connectivity index (χ4n) is 3.52. The summed E-state index contributed by atoms with van der Waals surface area (Å²) in [6.07, 6.45) is 2.59. The Balaban J connectivity index is 1.74. The number of carbonyl (C=O) groups excluding carboxylic acids is 1. The fraction of sp³-hybridized carbons (Fsp3) is 0.333. The van der Waals surface area contributed by atoms with Gasteiger partial charge in [-0.1, -0.05) is 55.9 Å². The lowest BCUT2D eigenvalue weighted by molar-refractivity contribution is -0.119. The Kier molecular flexibility index (Phi) is 6.91. The quantitative estimate of drug-likeness (QED) is 0.298. The Labute approximate surface area is 195 Å².